The maximum atomic E-state index is 13.0. The van der Waals surface area contributed by atoms with Gasteiger partial charge >= 0.3 is 18.1 Å². The molecule has 0 unspecified atom stereocenters. The summed E-state index contributed by atoms with van der Waals surface area (Å²) in [6.07, 6.45) is -7.92. The first-order valence-electron chi connectivity index (χ1n) is 3.97. The van der Waals surface area contributed by atoms with Gasteiger partial charge < -0.3 is 5.11 Å². The van der Waals surface area contributed by atoms with Gasteiger partial charge in [-0.2, -0.15) is 27.1 Å². The summed E-state index contributed by atoms with van der Waals surface area (Å²) < 4.78 is 73.4. The number of aromatic carboxylic acids is 1. The molecule has 10 heteroatoms. The predicted octanol–water partition coefficient (Wildman–Crippen LogP) is 1.99. The van der Waals surface area contributed by atoms with Crippen molar-refractivity contribution in [3.05, 3.63) is 17.2 Å². The number of aromatic amines is 1. The number of alkyl halides is 5. The first kappa shape index (κ1) is 13.3. The number of nitrogens with zero attached hydrogens (tertiary/aromatic N) is 1. The van der Waals surface area contributed by atoms with Gasteiger partial charge in [-0.05, 0) is 0 Å². The van der Waals surface area contributed by atoms with E-state index in [-0.39, 0.29) is 0 Å². The number of carboxylic acids is 1. The molecule has 0 radical (unpaired) electrons. The van der Waals surface area contributed by atoms with Crippen LogP contribution in [0.3, 0.4) is 0 Å². The molecular formula is C7H4F6N2O2. The van der Waals surface area contributed by atoms with Gasteiger partial charge in [-0.25, -0.2) is 9.18 Å². The summed E-state index contributed by atoms with van der Waals surface area (Å²) in [5, 5.41) is 12.6. The molecule has 1 rings (SSSR count). The van der Waals surface area contributed by atoms with E-state index >= 15 is 0 Å². The highest BCUT2D eigenvalue weighted by atomic mass is 19.4. The molecule has 0 bridgehead atoms. The molecule has 0 aliphatic carbocycles. The van der Waals surface area contributed by atoms with Crippen molar-refractivity contribution in [1.82, 2.24) is 10.2 Å². The van der Waals surface area contributed by atoms with E-state index < -0.39 is 41.7 Å². The van der Waals surface area contributed by atoms with Crippen LogP contribution in [0, 0.1) is 5.82 Å². The Kier molecular flexibility index (Phi) is 3.08. The quantitative estimate of drug-likeness (QED) is 0.818. The van der Waals surface area contributed by atoms with Crippen molar-refractivity contribution in [2.45, 2.75) is 18.5 Å². The summed E-state index contributed by atoms with van der Waals surface area (Å²) in [5.74, 6) is -8.77. The molecule has 96 valence electrons. The number of halogens is 6. The Balaban J connectivity index is 3.01. The Morgan fingerprint density at radius 2 is 1.82 bits per heavy atom. The molecule has 1 aromatic rings. The molecular weight excluding hydrogens is 258 g/mol. The van der Waals surface area contributed by atoms with Gasteiger partial charge in [0.05, 0.1) is 6.42 Å². The molecule has 4 nitrogen and oxygen atoms in total. The molecule has 0 aromatic carbocycles. The van der Waals surface area contributed by atoms with Crippen LogP contribution in [0.2, 0.25) is 0 Å². The third-order valence-electron chi connectivity index (χ3n) is 1.79. The standard InChI is InChI=1S/C7H4F6N2O2/c8-3-2(14-15-4(3)5(16)17)1-6(9,10)7(11,12)13/h1H2,(H,14,15)(H,16,17). The van der Waals surface area contributed by atoms with Crippen LogP contribution in [0.4, 0.5) is 26.3 Å². The summed E-state index contributed by atoms with van der Waals surface area (Å²) in [6, 6.07) is 0. The minimum Gasteiger partial charge on any atom is -0.476 e. The Labute approximate surface area is 89.2 Å². The van der Waals surface area contributed by atoms with Crippen LogP contribution in [0.15, 0.2) is 0 Å². The summed E-state index contributed by atoms with van der Waals surface area (Å²) in [4.78, 5) is 10.3. The Bertz CT molecular complexity index is 438. The average Bonchev–Trinajstić information content (AvgIpc) is 2.45. The first-order valence-corrected chi connectivity index (χ1v) is 3.97. The van der Waals surface area contributed by atoms with E-state index in [0.717, 1.165) is 0 Å². The monoisotopic (exact) mass is 262 g/mol. The lowest BCUT2D eigenvalue weighted by Gasteiger charge is -2.18. The fourth-order valence-corrected chi connectivity index (χ4v) is 0.935. The Morgan fingerprint density at radius 3 is 2.18 bits per heavy atom. The van der Waals surface area contributed by atoms with Gasteiger partial charge in [0, 0.05) is 0 Å². The number of hydrogen-bond donors (Lipinski definition) is 2. The summed E-state index contributed by atoms with van der Waals surface area (Å²) >= 11 is 0. The van der Waals surface area contributed by atoms with Gasteiger partial charge in [-0.1, -0.05) is 0 Å². The lowest BCUT2D eigenvalue weighted by Crippen LogP contribution is -2.38. The summed E-state index contributed by atoms with van der Waals surface area (Å²) in [7, 11) is 0. The van der Waals surface area contributed by atoms with Gasteiger partial charge in [0.25, 0.3) is 0 Å². The van der Waals surface area contributed by atoms with E-state index in [2.05, 4.69) is 5.10 Å². The molecule has 0 aliphatic heterocycles. The maximum absolute atomic E-state index is 13.0. The molecule has 0 amide bonds. The molecule has 0 fully saturated rings. The van der Waals surface area contributed by atoms with Crippen molar-refractivity contribution < 1.29 is 36.2 Å². The second-order valence-corrected chi connectivity index (χ2v) is 3.04. The van der Waals surface area contributed by atoms with Crippen molar-refractivity contribution in [1.29, 1.82) is 0 Å². The van der Waals surface area contributed by atoms with Crippen LogP contribution >= 0.6 is 0 Å². The number of hydrogen-bond acceptors (Lipinski definition) is 2. The molecule has 0 saturated carbocycles. The zero-order valence-corrected chi connectivity index (χ0v) is 7.78. The average molecular weight is 262 g/mol. The van der Waals surface area contributed by atoms with E-state index in [1.165, 1.54) is 5.10 Å². The van der Waals surface area contributed by atoms with Gasteiger partial charge in [0.15, 0.2) is 11.5 Å². The number of aromatic nitrogens is 2. The summed E-state index contributed by atoms with van der Waals surface area (Å²) in [5.41, 5.74) is -2.46. The molecule has 1 heterocycles. The predicted molar refractivity (Wildman–Crippen MR) is 40.2 cm³/mol. The number of rotatable bonds is 3. The molecule has 0 atom stereocenters. The highest BCUT2D eigenvalue weighted by Crippen LogP contribution is 2.38. The molecule has 0 saturated heterocycles. The Morgan fingerprint density at radius 1 is 1.29 bits per heavy atom. The van der Waals surface area contributed by atoms with Crippen LogP contribution in [0.5, 0.6) is 0 Å². The fourth-order valence-electron chi connectivity index (χ4n) is 0.935. The lowest BCUT2D eigenvalue weighted by molar-refractivity contribution is -0.281. The minimum atomic E-state index is -5.86. The van der Waals surface area contributed by atoms with Crippen molar-refractivity contribution in [2.75, 3.05) is 0 Å². The highest BCUT2D eigenvalue weighted by Gasteiger charge is 2.58. The van der Waals surface area contributed by atoms with E-state index in [9.17, 15) is 31.1 Å². The van der Waals surface area contributed by atoms with E-state index in [1.807, 2.05) is 0 Å². The summed E-state index contributed by atoms with van der Waals surface area (Å²) in [6.45, 7) is 0. The smallest absolute Gasteiger partial charge is 0.453 e. The molecule has 2 N–H and O–H groups in total. The zero-order chi connectivity index (χ0) is 13.4. The third-order valence-corrected chi connectivity index (χ3v) is 1.79. The van der Waals surface area contributed by atoms with E-state index in [0.29, 0.717) is 0 Å². The normalized spacial score (nSPS) is 12.8. The van der Waals surface area contributed by atoms with Crippen molar-refractivity contribution in [3.63, 3.8) is 0 Å². The van der Waals surface area contributed by atoms with Crippen LogP contribution in [-0.2, 0) is 6.42 Å². The number of nitrogens with one attached hydrogen (secondary N) is 1. The first-order chi connectivity index (χ1) is 7.56. The molecule has 17 heavy (non-hydrogen) atoms. The number of H-pyrrole nitrogens is 1. The second-order valence-electron chi connectivity index (χ2n) is 3.04. The van der Waals surface area contributed by atoms with Crippen LogP contribution in [-0.4, -0.2) is 33.4 Å². The molecule has 0 spiro atoms. The number of carbonyl (C=O) groups is 1. The molecule has 1 aromatic heterocycles. The van der Waals surface area contributed by atoms with Crippen molar-refractivity contribution in [2.24, 2.45) is 0 Å². The van der Waals surface area contributed by atoms with Crippen LogP contribution in [0.25, 0.3) is 0 Å². The van der Waals surface area contributed by atoms with Gasteiger partial charge in [0.1, 0.15) is 5.69 Å². The van der Waals surface area contributed by atoms with Crippen LogP contribution in [0.1, 0.15) is 16.2 Å². The Hall–Kier alpha value is -1.74. The third kappa shape index (κ3) is 2.50. The largest absolute Gasteiger partial charge is 0.476 e. The van der Waals surface area contributed by atoms with Crippen LogP contribution < -0.4 is 0 Å². The second kappa shape index (κ2) is 3.93. The molecule has 0 aliphatic rings. The van der Waals surface area contributed by atoms with Crippen molar-refractivity contribution >= 4 is 5.97 Å². The van der Waals surface area contributed by atoms with E-state index in [4.69, 9.17) is 5.11 Å². The SMILES string of the molecule is O=C(O)c1[nH]nc(CC(F)(F)C(F)(F)F)c1F. The zero-order valence-electron chi connectivity index (χ0n) is 7.78. The topological polar surface area (TPSA) is 66.0 Å². The maximum Gasteiger partial charge on any atom is 0.453 e. The van der Waals surface area contributed by atoms with Crippen molar-refractivity contribution in [3.8, 4) is 0 Å². The van der Waals surface area contributed by atoms with E-state index in [1.54, 1.807) is 0 Å². The fraction of sp³-hybridized carbons (Fsp3) is 0.429. The van der Waals surface area contributed by atoms with Gasteiger partial charge in [0.2, 0.25) is 0 Å². The highest BCUT2D eigenvalue weighted by molar-refractivity contribution is 5.85. The van der Waals surface area contributed by atoms with Gasteiger partial charge in [-0.3, -0.25) is 5.10 Å². The van der Waals surface area contributed by atoms with Gasteiger partial charge in [-0.15, -0.1) is 0 Å². The minimum absolute atomic E-state index is 1.17. The number of carboxylic acid groups (broad SMARTS) is 1. The lowest BCUT2D eigenvalue weighted by atomic mass is 10.1.